The van der Waals surface area contributed by atoms with E-state index >= 15 is 0 Å². The molecule has 0 unspecified atom stereocenters. The third kappa shape index (κ3) is 3.22. The van der Waals surface area contributed by atoms with E-state index in [1.807, 2.05) is 4.90 Å². The minimum absolute atomic E-state index is 0.00721. The zero-order valence-electron chi connectivity index (χ0n) is 11.0. The molecule has 0 aromatic carbocycles. The summed E-state index contributed by atoms with van der Waals surface area (Å²) >= 11 is 0. The molecule has 1 saturated heterocycles. The number of nitrogens with two attached hydrogens (primary N) is 1. The third-order valence-corrected chi connectivity index (χ3v) is 3.94. The average Bonchev–Trinajstić information content (AvgIpc) is 2.99. The molecule has 0 spiro atoms. The smallest absolute Gasteiger partial charge is 0.239 e. The average molecular weight is 253 g/mol. The van der Waals surface area contributed by atoms with E-state index in [1.165, 1.54) is 13.3 Å². The lowest BCUT2D eigenvalue weighted by Gasteiger charge is -2.22. The fourth-order valence-electron chi connectivity index (χ4n) is 2.76. The first-order chi connectivity index (χ1) is 8.59. The molecule has 102 valence electrons. The highest BCUT2D eigenvalue weighted by molar-refractivity contribution is 5.82. The van der Waals surface area contributed by atoms with E-state index in [-0.39, 0.29) is 17.9 Å². The second kappa shape index (κ2) is 5.69. The van der Waals surface area contributed by atoms with Crippen LogP contribution >= 0.6 is 0 Å². The summed E-state index contributed by atoms with van der Waals surface area (Å²) in [5.74, 6) is 0.882. The van der Waals surface area contributed by atoms with E-state index in [0.717, 1.165) is 31.7 Å². The molecule has 3 atom stereocenters. The van der Waals surface area contributed by atoms with Crippen molar-refractivity contribution in [3.63, 3.8) is 0 Å². The minimum atomic E-state index is -0.360. The van der Waals surface area contributed by atoms with Crippen molar-refractivity contribution in [1.82, 2.24) is 10.2 Å². The molecule has 5 heteroatoms. The summed E-state index contributed by atoms with van der Waals surface area (Å²) in [6.07, 6.45) is 4.82. The van der Waals surface area contributed by atoms with E-state index in [9.17, 15) is 9.59 Å². The largest absolute Gasteiger partial charge is 0.356 e. The predicted molar refractivity (Wildman–Crippen MR) is 68.7 cm³/mol. The SMILES string of the molecule is CC(=O)NCCCC[C@H](N)C(=O)N1CC[C@@H]2C[C@@H]21. The van der Waals surface area contributed by atoms with Crippen LogP contribution in [0.3, 0.4) is 0 Å². The Labute approximate surface area is 108 Å². The summed E-state index contributed by atoms with van der Waals surface area (Å²) in [5.41, 5.74) is 5.94. The number of carbonyl (C=O) groups is 2. The Bertz CT molecular complexity index is 332. The van der Waals surface area contributed by atoms with Gasteiger partial charge >= 0.3 is 0 Å². The monoisotopic (exact) mass is 253 g/mol. The number of fused-ring (bicyclic) bond motifs is 1. The lowest BCUT2D eigenvalue weighted by molar-refractivity contribution is -0.132. The number of hydrogen-bond acceptors (Lipinski definition) is 3. The molecule has 5 nitrogen and oxygen atoms in total. The zero-order chi connectivity index (χ0) is 13.1. The van der Waals surface area contributed by atoms with Crippen LogP contribution in [0.15, 0.2) is 0 Å². The molecule has 0 bridgehead atoms. The first kappa shape index (κ1) is 13.3. The molecule has 1 aliphatic heterocycles. The number of carbonyl (C=O) groups excluding carboxylic acids is 2. The Morgan fingerprint density at radius 1 is 1.44 bits per heavy atom. The zero-order valence-corrected chi connectivity index (χ0v) is 11.0. The molecule has 2 aliphatic rings. The van der Waals surface area contributed by atoms with Gasteiger partial charge in [-0.05, 0) is 38.0 Å². The summed E-state index contributed by atoms with van der Waals surface area (Å²) in [7, 11) is 0. The lowest BCUT2D eigenvalue weighted by Crippen LogP contribution is -2.43. The van der Waals surface area contributed by atoms with Crippen molar-refractivity contribution in [2.75, 3.05) is 13.1 Å². The molecular weight excluding hydrogens is 230 g/mol. The van der Waals surface area contributed by atoms with Crippen LogP contribution in [0.4, 0.5) is 0 Å². The quantitative estimate of drug-likeness (QED) is 0.666. The topological polar surface area (TPSA) is 75.4 Å². The molecule has 2 rings (SSSR count). The van der Waals surface area contributed by atoms with Gasteiger partial charge < -0.3 is 16.0 Å². The van der Waals surface area contributed by atoms with Gasteiger partial charge in [-0.25, -0.2) is 0 Å². The van der Waals surface area contributed by atoms with E-state index in [0.29, 0.717) is 19.0 Å². The molecular formula is C13H23N3O2. The van der Waals surface area contributed by atoms with Crippen molar-refractivity contribution in [3.8, 4) is 0 Å². The molecule has 1 aliphatic carbocycles. The summed E-state index contributed by atoms with van der Waals surface area (Å²) in [5, 5.41) is 2.74. The Hall–Kier alpha value is -1.10. The Morgan fingerprint density at radius 2 is 2.22 bits per heavy atom. The van der Waals surface area contributed by atoms with Crippen LogP contribution in [0.25, 0.3) is 0 Å². The fourth-order valence-corrected chi connectivity index (χ4v) is 2.76. The van der Waals surface area contributed by atoms with Gasteiger partial charge in [-0.1, -0.05) is 0 Å². The van der Waals surface area contributed by atoms with Crippen molar-refractivity contribution in [2.24, 2.45) is 11.7 Å². The van der Waals surface area contributed by atoms with Crippen LogP contribution in [-0.2, 0) is 9.59 Å². The minimum Gasteiger partial charge on any atom is -0.356 e. The standard InChI is InChI=1S/C13H23N3O2/c1-9(17)15-6-3-2-4-11(14)13(18)16-7-5-10-8-12(10)16/h10-12H,2-8,14H2,1H3,(H,15,17)/t10-,11+,12+/m1/s1. The van der Waals surface area contributed by atoms with Gasteiger partial charge in [-0.3, -0.25) is 9.59 Å². The molecule has 2 amide bonds. The van der Waals surface area contributed by atoms with Crippen molar-refractivity contribution < 1.29 is 9.59 Å². The highest BCUT2D eigenvalue weighted by Crippen LogP contribution is 2.44. The molecule has 0 radical (unpaired) electrons. The van der Waals surface area contributed by atoms with E-state index in [1.54, 1.807) is 0 Å². The van der Waals surface area contributed by atoms with Gasteiger partial charge in [0.05, 0.1) is 6.04 Å². The van der Waals surface area contributed by atoms with Crippen molar-refractivity contribution in [3.05, 3.63) is 0 Å². The molecule has 1 heterocycles. The van der Waals surface area contributed by atoms with Gasteiger partial charge in [-0.2, -0.15) is 0 Å². The second-order valence-corrected chi connectivity index (χ2v) is 5.47. The highest BCUT2D eigenvalue weighted by atomic mass is 16.2. The summed E-state index contributed by atoms with van der Waals surface area (Å²) < 4.78 is 0. The van der Waals surface area contributed by atoms with Crippen LogP contribution in [0.5, 0.6) is 0 Å². The Morgan fingerprint density at radius 3 is 2.78 bits per heavy atom. The summed E-state index contributed by atoms with van der Waals surface area (Å²) in [4.78, 5) is 24.7. The summed E-state index contributed by atoms with van der Waals surface area (Å²) in [6, 6.07) is 0.143. The molecule has 3 N–H and O–H groups in total. The van der Waals surface area contributed by atoms with E-state index < -0.39 is 0 Å². The first-order valence-corrected chi connectivity index (χ1v) is 6.90. The maximum absolute atomic E-state index is 12.1. The van der Waals surface area contributed by atoms with Gasteiger partial charge in [-0.15, -0.1) is 0 Å². The van der Waals surface area contributed by atoms with Gasteiger partial charge in [0, 0.05) is 26.1 Å². The number of hydrogen-bond donors (Lipinski definition) is 2. The van der Waals surface area contributed by atoms with Gasteiger partial charge in [0.25, 0.3) is 0 Å². The van der Waals surface area contributed by atoms with Crippen LogP contribution in [0.1, 0.15) is 39.0 Å². The van der Waals surface area contributed by atoms with Crippen LogP contribution in [0.2, 0.25) is 0 Å². The van der Waals surface area contributed by atoms with Crippen LogP contribution in [-0.4, -0.2) is 41.9 Å². The third-order valence-electron chi connectivity index (χ3n) is 3.94. The summed E-state index contributed by atoms with van der Waals surface area (Å²) in [6.45, 7) is 3.08. The maximum atomic E-state index is 12.1. The normalized spacial score (nSPS) is 26.7. The molecule has 0 aromatic heterocycles. The number of amides is 2. The molecule has 2 fully saturated rings. The highest BCUT2D eigenvalue weighted by Gasteiger charge is 2.49. The van der Waals surface area contributed by atoms with Crippen molar-refractivity contribution >= 4 is 11.8 Å². The fraction of sp³-hybridized carbons (Fsp3) is 0.846. The molecule has 0 aromatic rings. The molecule has 18 heavy (non-hydrogen) atoms. The van der Waals surface area contributed by atoms with E-state index in [4.69, 9.17) is 5.73 Å². The lowest BCUT2D eigenvalue weighted by atomic mass is 10.1. The number of likely N-dealkylation sites (tertiary alicyclic amines) is 1. The number of unbranched alkanes of at least 4 members (excludes halogenated alkanes) is 1. The Kier molecular flexibility index (Phi) is 4.22. The number of piperidine rings is 1. The predicted octanol–water partition coefficient (Wildman–Crippen LogP) is 0.241. The van der Waals surface area contributed by atoms with Gasteiger partial charge in [0.2, 0.25) is 11.8 Å². The molecule has 1 saturated carbocycles. The number of nitrogens with one attached hydrogen (secondary N) is 1. The second-order valence-electron chi connectivity index (χ2n) is 5.47. The Balaban J connectivity index is 1.60. The van der Waals surface area contributed by atoms with Crippen molar-refractivity contribution in [1.29, 1.82) is 0 Å². The van der Waals surface area contributed by atoms with Crippen LogP contribution < -0.4 is 11.1 Å². The van der Waals surface area contributed by atoms with Gasteiger partial charge in [0.15, 0.2) is 0 Å². The van der Waals surface area contributed by atoms with Crippen LogP contribution in [0, 0.1) is 5.92 Å². The first-order valence-electron chi connectivity index (χ1n) is 6.90. The van der Waals surface area contributed by atoms with E-state index in [2.05, 4.69) is 5.32 Å². The number of rotatable bonds is 6. The number of nitrogens with zero attached hydrogens (tertiary/aromatic N) is 1. The van der Waals surface area contributed by atoms with Crippen molar-refractivity contribution in [2.45, 2.75) is 51.1 Å². The van der Waals surface area contributed by atoms with Gasteiger partial charge in [0.1, 0.15) is 0 Å². The maximum Gasteiger partial charge on any atom is 0.239 e.